The van der Waals surface area contributed by atoms with Gasteiger partial charge in [-0.15, -0.1) is 0 Å². The van der Waals surface area contributed by atoms with Crippen LogP contribution >= 0.6 is 0 Å². The summed E-state index contributed by atoms with van der Waals surface area (Å²) in [4.78, 5) is 12.5. The molecule has 5 heteroatoms. The van der Waals surface area contributed by atoms with Crippen LogP contribution in [0.4, 0.5) is 4.79 Å². The fourth-order valence-electron chi connectivity index (χ4n) is 2.51. The van der Waals surface area contributed by atoms with Gasteiger partial charge in [-0.2, -0.15) is 0 Å². The van der Waals surface area contributed by atoms with Crippen LogP contribution in [0.1, 0.15) is 27.2 Å². The van der Waals surface area contributed by atoms with E-state index in [0.717, 1.165) is 0 Å². The van der Waals surface area contributed by atoms with Crippen LogP contribution in [0.3, 0.4) is 0 Å². The van der Waals surface area contributed by atoms with Crippen molar-refractivity contribution in [3.05, 3.63) is 0 Å². The first kappa shape index (κ1) is 13.3. The molecule has 4 N–H and O–H groups in total. The van der Waals surface area contributed by atoms with Gasteiger partial charge in [0.25, 0.3) is 0 Å². The van der Waals surface area contributed by atoms with E-state index in [1.165, 1.54) is 4.90 Å². The number of rotatable bonds is 1. The summed E-state index contributed by atoms with van der Waals surface area (Å²) in [5, 5.41) is 19.3. The molecule has 0 radical (unpaired) electrons. The van der Waals surface area contributed by atoms with Crippen LogP contribution in [0.25, 0.3) is 0 Å². The topological polar surface area (TPSA) is 86.8 Å². The molecule has 0 aromatic heterocycles. The Morgan fingerprint density at radius 1 is 1.50 bits per heavy atom. The van der Waals surface area contributed by atoms with Gasteiger partial charge in [0.15, 0.2) is 0 Å². The number of likely N-dealkylation sites (tertiary alicyclic amines) is 1. The quantitative estimate of drug-likeness (QED) is 0.619. The monoisotopic (exact) mass is 230 g/mol. The van der Waals surface area contributed by atoms with E-state index in [0.29, 0.717) is 19.5 Å². The number of aliphatic hydroxyl groups is 1. The SMILES string of the molecule is CC(C)(C)C1C(O)C(CN)CCN1C(=O)O. The highest BCUT2D eigenvalue weighted by atomic mass is 16.4. The summed E-state index contributed by atoms with van der Waals surface area (Å²) in [7, 11) is 0. The van der Waals surface area contributed by atoms with Gasteiger partial charge >= 0.3 is 6.09 Å². The lowest BCUT2D eigenvalue weighted by Gasteiger charge is -2.47. The molecule has 5 nitrogen and oxygen atoms in total. The molecule has 1 rings (SSSR count). The molecule has 0 aliphatic carbocycles. The molecule has 0 saturated carbocycles. The van der Waals surface area contributed by atoms with Crippen molar-refractivity contribution in [3.8, 4) is 0 Å². The molecule has 0 aromatic rings. The maximum absolute atomic E-state index is 11.1. The fraction of sp³-hybridized carbons (Fsp3) is 0.909. The molecule has 0 bridgehead atoms. The van der Waals surface area contributed by atoms with Gasteiger partial charge in [0, 0.05) is 12.5 Å². The Hall–Kier alpha value is -0.810. The standard InChI is InChI=1S/C11H22N2O3/c1-11(2,3)9-8(14)7(6-12)4-5-13(9)10(15)16/h7-9,14H,4-6,12H2,1-3H3,(H,15,16). The van der Waals surface area contributed by atoms with Crippen molar-refractivity contribution in [3.63, 3.8) is 0 Å². The largest absolute Gasteiger partial charge is 0.465 e. The third-order valence-electron chi connectivity index (χ3n) is 3.32. The minimum Gasteiger partial charge on any atom is -0.465 e. The Morgan fingerprint density at radius 3 is 2.44 bits per heavy atom. The van der Waals surface area contributed by atoms with Gasteiger partial charge in [0.2, 0.25) is 0 Å². The Labute approximate surface area is 96.2 Å². The first-order valence-corrected chi connectivity index (χ1v) is 5.66. The van der Waals surface area contributed by atoms with Gasteiger partial charge in [-0.05, 0) is 18.4 Å². The van der Waals surface area contributed by atoms with Crippen molar-refractivity contribution in [1.29, 1.82) is 0 Å². The van der Waals surface area contributed by atoms with E-state index in [2.05, 4.69) is 0 Å². The lowest BCUT2D eigenvalue weighted by molar-refractivity contribution is -0.0601. The second kappa shape index (κ2) is 4.59. The molecule has 1 fully saturated rings. The zero-order valence-corrected chi connectivity index (χ0v) is 10.2. The van der Waals surface area contributed by atoms with Crippen molar-refractivity contribution in [2.24, 2.45) is 17.1 Å². The number of amides is 1. The van der Waals surface area contributed by atoms with E-state index < -0.39 is 12.2 Å². The molecule has 3 unspecified atom stereocenters. The van der Waals surface area contributed by atoms with Crippen molar-refractivity contribution >= 4 is 6.09 Å². The Balaban J connectivity index is 2.95. The van der Waals surface area contributed by atoms with E-state index in [-0.39, 0.29) is 17.4 Å². The minimum atomic E-state index is -0.963. The van der Waals surface area contributed by atoms with Crippen LogP contribution in [0.5, 0.6) is 0 Å². The van der Waals surface area contributed by atoms with Gasteiger partial charge in [0.1, 0.15) is 0 Å². The number of nitrogens with two attached hydrogens (primary N) is 1. The number of carbonyl (C=O) groups is 1. The predicted molar refractivity (Wildman–Crippen MR) is 61.1 cm³/mol. The van der Waals surface area contributed by atoms with E-state index in [4.69, 9.17) is 10.8 Å². The van der Waals surface area contributed by atoms with Crippen molar-refractivity contribution in [1.82, 2.24) is 4.90 Å². The second-order valence-corrected chi connectivity index (χ2v) is 5.56. The molecule has 1 aliphatic heterocycles. The average Bonchev–Trinajstić information content (AvgIpc) is 2.14. The van der Waals surface area contributed by atoms with E-state index in [1.54, 1.807) is 0 Å². The van der Waals surface area contributed by atoms with E-state index >= 15 is 0 Å². The first-order valence-electron chi connectivity index (χ1n) is 5.66. The lowest BCUT2D eigenvalue weighted by atomic mass is 9.75. The van der Waals surface area contributed by atoms with Crippen molar-refractivity contribution in [2.45, 2.75) is 39.3 Å². The molecule has 1 amide bonds. The minimum absolute atomic E-state index is 0.000162. The molecule has 1 saturated heterocycles. The van der Waals surface area contributed by atoms with E-state index in [1.807, 2.05) is 20.8 Å². The van der Waals surface area contributed by atoms with Crippen molar-refractivity contribution < 1.29 is 15.0 Å². The number of piperidine rings is 1. The zero-order valence-electron chi connectivity index (χ0n) is 10.2. The number of aliphatic hydroxyl groups excluding tert-OH is 1. The summed E-state index contributed by atoms with van der Waals surface area (Å²) >= 11 is 0. The maximum atomic E-state index is 11.1. The van der Waals surface area contributed by atoms with Crippen LogP contribution in [-0.2, 0) is 0 Å². The molecule has 0 spiro atoms. The lowest BCUT2D eigenvalue weighted by Crippen LogP contribution is -2.60. The molecule has 94 valence electrons. The van der Waals surface area contributed by atoms with Crippen LogP contribution in [0.2, 0.25) is 0 Å². The Bertz CT molecular complexity index is 262. The predicted octanol–water partition coefficient (Wildman–Crippen LogP) is 0.721. The van der Waals surface area contributed by atoms with Gasteiger partial charge < -0.3 is 20.8 Å². The smallest absolute Gasteiger partial charge is 0.407 e. The number of nitrogens with zero attached hydrogens (tertiary/aromatic N) is 1. The molecule has 1 heterocycles. The zero-order chi connectivity index (χ0) is 12.5. The number of hydrogen-bond acceptors (Lipinski definition) is 3. The summed E-state index contributed by atoms with van der Waals surface area (Å²) in [5.41, 5.74) is 5.31. The number of carboxylic acid groups (broad SMARTS) is 1. The van der Waals surface area contributed by atoms with Crippen LogP contribution < -0.4 is 5.73 Å². The molecular weight excluding hydrogens is 208 g/mol. The summed E-state index contributed by atoms with van der Waals surface area (Å²) in [6, 6.07) is -0.382. The summed E-state index contributed by atoms with van der Waals surface area (Å²) in [6.45, 7) is 6.68. The van der Waals surface area contributed by atoms with Crippen LogP contribution in [-0.4, -0.2) is 46.4 Å². The van der Waals surface area contributed by atoms with Crippen LogP contribution in [0.15, 0.2) is 0 Å². The van der Waals surface area contributed by atoms with Gasteiger partial charge in [-0.25, -0.2) is 4.79 Å². The highest BCUT2D eigenvalue weighted by molar-refractivity contribution is 5.65. The van der Waals surface area contributed by atoms with Crippen LogP contribution in [0, 0.1) is 11.3 Å². The van der Waals surface area contributed by atoms with Gasteiger partial charge in [-0.1, -0.05) is 20.8 Å². The third-order valence-corrected chi connectivity index (χ3v) is 3.32. The van der Waals surface area contributed by atoms with Gasteiger partial charge in [-0.3, -0.25) is 0 Å². The summed E-state index contributed by atoms with van der Waals surface area (Å²) < 4.78 is 0. The molecule has 1 aliphatic rings. The maximum Gasteiger partial charge on any atom is 0.407 e. The summed E-state index contributed by atoms with van der Waals surface area (Å²) in [6.07, 6.45) is -0.999. The van der Waals surface area contributed by atoms with Crippen molar-refractivity contribution in [2.75, 3.05) is 13.1 Å². The normalized spacial score (nSPS) is 31.6. The highest BCUT2D eigenvalue weighted by Gasteiger charge is 2.44. The molecule has 16 heavy (non-hydrogen) atoms. The highest BCUT2D eigenvalue weighted by Crippen LogP contribution is 2.34. The molecule has 3 atom stereocenters. The Kier molecular flexibility index (Phi) is 3.80. The molecular formula is C11H22N2O3. The van der Waals surface area contributed by atoms with E-state index in [9.17, 15) is 9.90 Å². The third kappa shape index (κ3) is 2.47. The van der Waals surface area contributed by atoms with Gasteiger partial charge in [0.05, 0.1) is 12.1 Å². The average molecular weight is 230 g/mol. The first-order chi connectivity index (χ1) is 7.29. The Morgan fingerprint density at radius 2 is 2.06 bits per heavy atom. The fourth-order valence-corrected chi connectivity index (χ4v) is 2.51. The summed E-state index contributed by atoms with van der Waals surface area (Å²) in [5.74, 6) is -0.000162. The number of hydrogen-bond donors (Lipinski definition) is 3. The molecule has 0 aromatic carbocycles. The second-order valence-electron chi connectivity index (χ2n) is 5.56.